The molecule has 22 heavy (non-hydrogen) atoms. The van der Waals surface area contributed by atoms with Gasteiger partial charge in [0.1, 0.15) is 6.04 Å². The van der Waals surface area contributed by atoms with Crippen LogP contribution in [0.4, 0.5) is 0 Å². The highest BCUT2D eigenvalue weighted by Gasteiger charge is 2.30. The van der Waals surface area contributed by atoms with Crippen LogP contribution in [0, 0.1) is 0 Å². The fourth-order valence-corrected chi connectivity index (χ4v) is 2.72. The molecule has 1 atom stereocenters. The van der Waals surface area contributed by atoms with Crippen molar-refractivity contribution >= 4 is 0 Å². The SMILES string of the molecule is C=C[N+](C)(C)C(c1ccccc1)c1ccc(OC)c(OC)c1. The normalized spacial score (nSPS) is 12.5. The molecule has 0 saturated heterocycles. The van der Waals surface area contributed by atoms with Gasteiger partial charge in [-0.3, -0.25) is 4.48 Å². The molecule has 0 aromatic heterocycles. The van der Waals surface area contributed by atoms with Crippen LogP contribution < -0.4 is 9.47 Å². The van der Waals surface area contributed by atoms with E-state index < -0.39 is 0 Å². The first kappa shape index (κ1) is 16.1. The molecular weight excluding hydrogens is 274 g/mol. The number of hydrogen-bond acceptors (Lipinski definition) is 2. The Balaban J connectivity index is 2.57. The van der Waals surface area contributed by atoms with Crippen LogP contribution >= 0.6 is 0 Å². The summed E-state index contributed by atoms with van der Waals surface area (Å²) in [5, 5.41) is 0. The van der Waals surface area contributed by atoms with Crippen LogP contribution in [0.15, 0.2) is 61.3 Å². The fourth-order valence-electron chi connectivity index (χ4n) is 2.72. The highest BCUT2D eigenvalue weighted by atomic mass is 16.5. The summed E-state index contributed by atoms with van der Waals surface area (Å²) < 4.78 is 11.4. The van der Waals surface area contributed by atoms with Gasteiger partial charge < -0.3 is 9.47 Å². The molecule has 116 valence electrons. The molecule has 0 radical (unpaired) electrons. The molecule has 0 heterocycles. The van der Waals surface area contributed by atoms with Crippen molar-refractivity contribution in [2.75, 3.05) is 28.3 Å². The Kier molecular flexibility index (Phi) is 4.88. The van der Waals surface area contributed by atoms with Gasteiger partial charge in [0.15, 0.2) is 11.5 Å². The maximum atomic E-state index is 5.45. The van der Waals surface area contributed by atoms with E-state index in [0.29, 0.717) is 4.48 Å². The quantitative estimate of drug-likeness (QED) is 0.750. The third kappa shape index (κ3) is 3.15. The van der Waals surface area contributed by atoms with Crippen molar-refractivity contribution in [1.29, 1.82) is 0 Å². The second-order valence-corrected chi connectivity index (χ2v) is 5.74. The third-order valence-corrected chi connectivity index (χ3v) is 3.97. The van der Waals surface area contributed by atoms with Gasteiger partial charge in [-0.1, -0.05) is 30.3 Å². The summed E-state index contributed by atoms with van der Waals surface area (Å²) in [6, 6.07) is 16.7. The van der Waals surface area contributed by atoms with E-state index in [-0.39, 0.29) is 6.04 Å². The van der Waals surface area contributed by atoms with Gasteiger partial charge in [-0.05, 0) is 24.8 Å². The van der Waals surface area contributed by atoms with E-state index in [1.54, 1.807) is 14.2 Å². The van der Waals surface area contributed by atoms with Gasteiger partial charge >= 0.3 is 0 Å². The van der Waals surface area contributed by atoms with E-state index >= 15 is 0 Å². The van der Waals surface area contributed by atoms with Crippen molar-refractivity contribution in [3.8, 4) is 11.5 Å². The predicted octanol–water partition coefficient (Wildman–Crippen LogP) is 4.01. The molecule has 1 unspecified atom stereocenters. The molecule has 0 aliphatic rings. The Labute approximate surface area is 133 Å². The molecule has 0 saturated carbocycles. The second kappa shape index (κ2) is 6.67. The lowest BCUT2D eigenvalue weighted by atomic mass is 9.95. The number of methoxy groups -OCH3 is 2. The zero-order valence-corrected chi connectivity index (χ0v) is 13.7. The molecule has 0 aliphatic heterocycles. The van der Waals surface area contributed by atoms with Crippen LogP contribution in [0.2, 0.25) is 0 Å². The Bertz CT molecular complexity index is 635. The average Bonchev–Trinajstić information content (AvgIpc) is 2.55. The maximum Gasteiger partial charge on any atom is 0.161 e. The summed E-state index contributed by atoms with van der Waals surface area (Å²) in [5.74, 6) is 1.48. The molecule has 0 N–H and O–H groups in total. The van der Waals surface area contributed by atoms with Gasteiger partial charge in [-0.15, -0.1) is 0 Å². The fraction of sp³-hybridized carbons (Fsp3) is 0.263. The Morgan fingerprint density at radius 2 is 1.55 bits per heavy atom. The van der Waals surface area contributed by atoms with E-state index in [9.17, 15) is 0 Å². The van der Waals surface area contributed by atoms with Gasteiger partial charge in [-0.2, -0.15) is 0 Å². The number of hydrogen-bond donors (Lipinski definition) is 0. The van der Waals surface area contributed by atoms with Crippen molar-refractivity contribution < 1.29 is 14.0 Å². The standard InChI is InChI=1S/C19H24NO2/c1-6-20(2,3)19(15-10-8-7-9-11-15)16-12-13-17(21-4)18(14-16)22-5/h6-14,19H,1H2,2-5H3/q+1. The Morgan fingerprint density at radius 3 is 2.09 bits per heavy atom. The van der Waals surface area contributed by atoms with Gasteiger partial charge in [0.2, 0.25) is 0 Å². The van der Waals surface area contributed by atoms with Crippen LogP contribution in [0.3, 0.4) is 0 Å². The largest absolute Gasteiger partial charge is 0.493 e. The van der Waals surface area contributed by atoms with E-state index in [0.717, 1.165) is 17.1 Å². The lowest BCUT2D eigenvalue weighted by Crippen LogP contribution is -2.38. The van der Waals surface area contributed by atoms with E-state index in [4.69, 9.17) is 9.47 Å². The number of ether oxygens (including phenoxy) is 2. The smallest absolute Gasteiger partial charge is 0.161 e. The average molecular weight is 298 g/mol. The van der Waals surface area contributed by atoms with E-state index in [1.165, 1.54) is 5.56 Å². The maximum absolute atomic E-state index is 5.45. The lowest BCUT2D eigenvalue weighted by Gasteiger charge is -2.35. The number of nitrogens with zero attached hydrogens (tertiary/aromatic N) is 1. The first-order valence-electron chi connectivity index (χ1n) is 7.27. The minimum absolute atomic E-state index is 0.138. The van der Waals surface area contributed by atoms with Crippen molar-refractivity contribution in [2.45, 2.75) is 6.04 Å². The van der Waals surface area contributed by atoms with Gasteiger partial charge in [0.25, 0.3) is 0 Å². The zero-order chi connectivity index (χ0) is 16.2. The van der Waals surface area contributed by atoms with Gasteiger partial charge in [0.05, 0.1) is 34.5 Å². The molecule has 0 fully saturated rings. The third-order valence-electron chi connectivity index (χ3n) is 3.97. The summed E-state index contributed by atoms with van der Waals surface area (Å²) in [6.45, 7) is 4.00. The lowest BCUT2D eigenvalue weighted by molar-refractivity contribution is -0.865. The second-order valence-electron chi connectivity index (χ2n) is 5.74. The molecule has 0 spiro atoms. The topological polar surface area (TPSA) is 18.5 Å². The molecule has 0 amide bonds. The molecule has 2 aromatic carbocycles. The van der Waals surface area contributed by atoms with Crippen LogP contribution in [0.5, 0.6) is 11.5 Å². The molecule has 3 nitrogen and oxygen atoms in total. The van der Waals surface area contributed by atoms with Gasteiger partial charge in [0, 0.05) is 11.1 Å². The summed E-state index contributed by atoms with van der Waals surface area (Å²) in [6.07, 6.45) is 1.95. The molecular formula is C19H24NO2+. The van der Waals surface area contributed by atoms with Crippen molar-refractivity contribution in [2.24, 2.45) is 0 Å². The van der Waals surface area contributed by atoms with Crippen molar-refractivity contribution in [3.05, 3.63) is 72.4 Å². The summed E-state index contributed by atoms with van der Waals surface area (Å²) in [7, 11) is 7.59. The molecule has 2 aromatic rings. The molecule has 3 heteroatoms. The highest BCUT2D eigenvalue weighted by molar-refractivity contribution is 5.45. The number of rotatable bonds is 6. The zero-order valence-electron chi connectivity index (χ0n) is 13.7. The van der Waals surface area contributed by atoms with Crippen LogP contribution in [-0.2, 0) is 0 Å². The summed E-state index contributed by atoms with van der Waals surface area (Å²) >= 11 is 0. The van der Waals surface area contributed by atoms with Crippen molar-refractivity contribution in [3.63, 3.8) is 0 Å². The highest BCUT2D eigenvalue weighted by Crippen LogP contribution is 2.37. The molecule has 2 rings (SSSR count). The van der Waals surface area contributed by atoms with Crippen molar-refractivity contribution in [1.82, 2.24) is 0 Å². The monoisotopic (exact) mass is 298 g/mol. The summed E-state index contributed by atoms with van der Waals surface area (Å²) in [4.78, 5) is 0. The minimum atomic E-state index is 0.138. The number of benzene rings is 2. The summed E-state index contributed by atoms with van der Waals surface area (Å²) in [5.41, 5.74) is 2.40. The molecule has 0 bridgehead atoms. The van der Waals surface area contributed by atoms with E-state index in [2.05, 4.69) is 51.0 Å². The van der Waals surface area contributed by atoms with Crippen LogP contribution in [-0.4, -0.2) is 32.8 Å². The Hall–Kier alpha value is -2.26. The minimum Gasteiger partial charge on any atom is -0.493 e. The van der Waals surface area contributed by atoms with Gasteiger partial charge in [-0.25, -0.2) is 0 Å². The number of quaternary nitrogens is 1. The first-order chi connectivity index (χ1) is 10.5. The Morgan fingerprint density at radius 1 is 0.909 bits per heavy atom. The predicted molar refractivity (Wildman–Crippen MR) is 90.1 cm³/mol. The van der Waals surface area contributed by atoms with Crippen LogP contribution in [0.1, 0.15) is 17.2 Å². The first-order valence-corrected chi connectivity index (χ1v) is 7.27. The molecule has 0 aliphatic carbocycles. The van der Waals surface area contributed by atoms with E-state index in [1.807, 2.05) is 24.4 Å². The van der Waals surface area contributed by atoms with Crippen LogP contribution in [0.25, 0.3) is 0 Å².